The molecule has 3 aromatic carbocycles. The molecule has 0 heterocycles. The molecule has 0 saturated heterocycles. The summed E-state index contributed by atoms with van der Waals surface area (Å²) in [5, 5.41) is 42.3. The molecule has 606 valence electrons. The molecule has 13 atom stereocenters. The molecule has 0 aromatic heterocycles. The third kappa shape index (κ3) is 36.6. The Morgan fingerprint density at radius 2 is 0.495 bits per heavy atom. The zero-order valence-electron chi connectivity index (χ0n) is 65.1. The van der Waals surface area contributed by atoms with Crippen LogP contribution in [0.15, 0.2) is 91.0 Å². The molecule has 0 radical (unpaired) electrons. The summed E-state index contributed by atoms with van der Waals surface area (Å²) in [7, 11) is 0. The highest BCUT2D eigenvalue weighted by atomic mass is 16.4. The van der Waals surface area contributed by atoms with Crippen molar-refractivity contribution in [2.24, 2.45) is 46.4 Å². The van der Waals surface area contributed by atoms with E-state index >= 15 is 0 Å². The van der Waals surface area contributed by atoms with Gasteiger partial charge in [-0.25, -0.2) is 4.79 Å². The van der Waals surface area contributed by atoms with Crippen LogP contribution in [0.4, 0.5) is 0 Å². The van der Waals surface area contributed by atoms with Gasteiger partial charge < -0.3 is 97.6 Å². The largest absolute Gasteiger partial charge is 0.480 e. The number of hydrogen-bond donors (Lipinski definition) is 18. The monoisotopic (exact) mass is 1520 g/mol. The number of hydrogen-bond acceptors (Lipinski definition) is 18. The number of amides is 12. The zero-order chi connectivity index (χ0) is 81.1. The average molecular weight is 1520 g/mol. The molecule has 3 aromatic rings. The van der Waals surface area contributed by atoms with Crippen LogP contribution in [0.5, 0.6) is 0 Å². The molecule has 0 aliphatic carbocycles. The predicted molar refractivity (Wildman–Crippen MR) is 416 cm³/mol. The SMILES string of the molecule is CC(C)C[C@H](NC(=O)[C@H](C)NC(=O)[C@H](CCCCN)NC(=O)[C@H](CCCCN)NC(=O)[C@H](CC(C)C)NC(=O)[C@H](Cc1ccccc1)NC(=O)[C@H](CCCCN)NC(=O)[C@H](C)NC(=O)[C@H](CC(C)C)NC(=O)[C@H](Cc1ccccc1)NC(=O)[C@H](CCCCN)NC(=O)[C@H](C)NC(=O)[C@@H](N)Cc1ccccc1)C(=O)O. The third-order valence-electron chi connectivity index (χ3n) is 18.0. The summed E-state index contributed by atoms with van der Waals surface area (Å²) in [5.74, 6) is -10.7. The third-order valence-corrected chi connectivity index (χ3v) is 18.0. The van der Waals surface area contributed by atoms with Gasteiger partial charge in [0.25, 0.3) is 0 Å². The van der Waals surface area contributed by atoms with Crippen LogP contribution in [0.2, 0.25) is 0 Å². The lowest BCUT2D eigenvalue weighted by Crippen LogP contribution is -2.61. The Bertz CT molecular complexity index is 3340. The second-order valence-corrected chi connectivity index (χ2v) is 29.3. The van der Waals surface area contributed by atoms with E-state index in [1.807, 2.05) is 58.0 Å². The van der Waals surface area contributed by atoms with Crippen LogP contribution in [0.25, 0.3) is 0 Å². The van der Waals surface area contributed by atoms with Gasteiger partial charge in [-0.2, -0.15) is 0 Å². The van der Waals surface area contributed by atoms with Gasteiger partial charge in [0.05, 0.1) is 6.04 Å². The lowest BCUT2D eigenvalue weighted by molar-refractivity contribution is -0.142. The van der Waals surface area contributed by atoms with Crippen LogP contribution in [-0.4, -0.2) is 187 Å². The number of carbonyl (C=O) groups is 13. The molecule has 3 rings (SSSR count). The van der Waals surface area contributed by atoms with Gasteiger partial charge in [-0.1, -0.05) is 133 Å². The molecule has 109 heavy (non-hydrogen) atoms. The zero-order valence-corrected chi connectivity index (χ0v) is 65.1. The smallest absolute Gasteiger partial charge is 0.326 e. The minimum Gasteiger partial charge on any atom is -0.480 e. The van der Waals surface area contributed by atoms with Crippen LogP contribution in [0.3, 0.4) is 0 Å². The van der Waals surface area contributed by atoms with Crippen molar-refractivity contribution in [2.75, 3.05) is 26.2 Å². The fraction of sp³-hybridized carbons (Fsp3) is 0.603. The molecular weight excluding hydrogens is 1400 g/mol. The number of nitrogens with two attached hydrogens (primary N) is 5. The summed E-state index contributed by atoms with van der Waals surface area (Å²) in [5.41, 5.74) is 31.6. The highest BCUT2D eigenvalue weighted by Crippen LogP contribution is 2.16. The molecule has 31 heteroatoms. The molecule has 0 fully saturated rings. The number of carbonyl (C=O) groups excluding carboxylic acids is 12. The van der Waals surface area contributed by atoms with Crippen molar-refractivity contribution in [2.45, 2.75) is 256 Å². The van der Waals surface area contributed by atoms with Gasteiger partial charge in [0.1, 0.15) is 72.5 Å². The summed E-state index contributed by atoms with van der Waals surface area (Å²) in [6.45, 7) is 16.1. The van der Waals surface area contributed by atoms with E-state index in [2.05, 4.69) is 63.8 Å². The number of benzene rings is 3. The lowest BCUT2D eigenvalue weighted by atomic mass is 9.99. The van der Waals surface area contributed by atoms with Crippen molar-refractivity contribution >= 4 is 76.9 Å². The number of rotatable bonds is 53. The second-order valence-electron chi connectivity index (χ2n) is 29.3. The minimum absolute atomic E-state index is 0.0221. The first-order valence-corrected chi connectivity index (χ1v) is 38.4. The quantitative estimate of drug-likeness (QED) is 0.0345. The molecule has 0 unspecified atom stereocenters. The van der Waals surface area contributed by atoms with Crippen molar-refractivity contribution in [1.29, 1.82) is 0 Å². The average Bonchev–Trinajstić information content (AvgIpc) is 0.852. The Morgan fingerprint density at radius 1 is 0.275 bits per heavy atom. The number of aliphatic carboxylic acids is 1. The Morgan fingerprint density at radius 3 is 0.789 bits per heavy atom. The van der Waals surface area contributed by atoms with E-state index in [0.717, 1.165) is 5.56 Å². The van der Waals surface area contributed by atoms with Crippen molar-refractivity contribution in [1.82, 2.24) is 63.8 Å². The Hall–Kier alpha value is -9.43. The van der Waals surface area contributed by atoms with Crippen molar-refractivity contribution in [3.8, 4) is 0 Å². The first-order valence-electron chi connectivity index (χ1n) is 38.4. The van der Waals surface area contributed by atoms with Gasteiger partial charge in [0.15, 0.2) is 0 Å². The van der Waals surface area contributed by atoms with Gasteiger partial charge in [-0.05, 0) is 184 Å². The second kappa shape index (κ2) is 51.1. The Kier molecular flexibility index (Phi) is 43.9. The van der Waals surface area contributed by atoms with Gasteiger partial charge in [0, 0.05) is 12.8 Å². The van der Waals surface area contributed by atoms with Gasteiger partial charge in [-0.3, -0.25) is 57.5 Å². The van der Waals surface area contributed by atoms with E-state index in [1.165, 1.54) is 20.8 Å². The molecule has 12 amide bonds. The van der Waals surface area contributed by atoms with Crippen molar-refractivity contribution in [3.05, 3.63) is 108 Å². The molecule has 23 N–H and O–H groups in total. The van der Waals surface area contributed by atoms with E-state index in [-0.39, 0.29) is 102 Å². The fourth-order valence-electron chi connectivity index (χ4n) is 11.9. The van der Waals surface area contributed by atoms with Crippen molar-refractivity contribution < 1.29 is 67.4 Å². The molecule has 0 saturated carbocycles. The topological polar surface area (TPSA) is 517 Å². The fourth-order valence-corrected chi connectivity index (χ4v) is 11.9. The molecule has 0 bridgehead atoms. The van der Waals surface area contributed by atoms with E-state index in [1.54, 1.807) is 74.5 Å². The number of carboxylic acids is 1. The summed E-state index contributed by atoms with van der Waals surface area (Å²) >= 11 is 0. The van der Waals surface area contributed by atoms with Gasteiger partial charge >= 0.3 is 5.97 Å². The lowest BCUT2D eigenvalue weighted by Gasteiger charge is -2.29. The molecule has 31 nitrogen and oxygen atoms in total. The maximum Gasteiger partial charge on any atom is 0.326 e. The highest BCUT2D eigenvalue weighted by Gasteiger charge is 2.37. The Balaban J connectivity index is 1.91. The maximum atomic E-state index is 14.8. The number of carboxylic acid groups (broad SMARTS) is 1. The molecule has 0 spiro atoms. The first kappa shape index (κ1) is 93.8. The molecule has 0 aliphatic rings. The Labute approximate surface area is 642 Å². The van der Waals surface area contributed by atoms with E-state index < -0.39 is 155 Å². The van der Waals surface area contributed by atoms with Crippen LogP contribution < -0.4 is 92.5 Å². The standard InChI is InChI=1S/C78H125N17O14/c1-47(2)41-61(91-76(106)63(45-54-29-15-11-16-30-54)93-72(102)58(34-20-24-38-80)87-66(96)50(7)84-69(99)56(83)44-53-27-13-10-14-28-53)74(104)86-51(8)67(97)88-59(35-21-25-39-81)73(103)94-64(46-55-31-17-12-18-32-55)77(107)92-62(42-48(3)4)75(105)90-60(36-22-26-40-82)71(101)89-57(33-19-23-37-79)70(100)85-52(9)68(98)95-65(78(108)109)43-49(5)6/h10-18,27-32,47-52,56-65H,19-26,33-46,79-83H2,1-9H3,(H,84,99)(H,85,100)(H,86,104)(H,87,96)(H,88,97)(H,89,101)(H,90,105)(H,91,106)(H,92,107)(H,93,102)(H,94,103)(H,95,98)(H,108,109)/t50-,51-,52-,56-,57-,58-,59-,60-,61-,62-,63-,64-,65-/m0/s1. The van der Waals surface area contributed by atoms with E-state index in [0.29, 0.717) is 69.0 Å². The minimum atomic E-state index is -1.38. The summed E-state index contributed by atoms with van der Waals surface area (Å²) in [6, 6.07) is 10.4. The van der Waals surface area contributed by atoms with E-state index in [4.69, 9.17) is 28.7 Å². The van der Waals surface area contributed by atoms with Gasteiger partial charge in [0.2, 0.25) is 70.9 Å². The normalized spacial score (nSPS) is 14.9. The van der Waals surface area contributed by atoms with Gasteiger partial charge in [-0.15, -0.1) is 0 Å². The predicted octanol–water partition coefficient (Wildman–Crippen LogP) is 0.658. The van der Waals surface area contributed by atoms with Crippen LogP contribution in [0, 0.1) is 17.8 Å². The van der Waals surface area contributed by atoms with Crippen LogP contribution in [0.1, 0.15) is 175 Å². The number of unbranched alkanes of at least 4 members (excludes halogenated alkanes) is 4. The first-order chi connectivity index (χ1) is 51.8. The van der Waals surface area contributed by atoms with Crippen LogP contribution in [-0.2, 0) is 81.6 Å². The molecular formula is C78H125N17O14. The molecule has 0 aliphatic heterocycles. The van der Waals surface area contributed by atoms with Crippen molar-refractivity contribution in [3.63, 3.8) is 0 Å². The summed E-state index contributed by atoms with van der Waals surface area (Å²) in [4.78, 5) is 182. The highest BCUT2D eigenvalue weighted by molar-refractivity contribution is 6.00. The van der Waals surface area contributed by atoms with E-state index in [9.17, 15) is 67.4 Å². The van der Waals surface area contributed by atoms with Crippen LogP contribution >= 0.6 is 0 Å². The maximum absolute atomic E-state index is 14.8. The summed E-state index contributed by atoms with van der Waals surface area (Å²) in [6.07, 6.45) is 3.92. The number of nitrogens with one attached hydrogen (secondary N) is 12. The summed E-state index contributed by atoms with van der Waals surface area (Å²) < 4.78 is 0.